The second kappa shape index (κ2) is 13.1. The standard InChI is InChI=1S/C27H37N5O9/c1-14(2)20(28)25(35)31(26(36)40-7)24(34)18-9-8-12-30(18)21(15(3)4)22(33)23-29-32(27(37)41-23)17-11-10-16(38-5)13-19(17)39-6/h10-11,13-15,18,20-21H,8-9,12,28H2,1-7H3/t18-,20-,21-/m0/s1. The van der Waals surface area contributed by atoms with Crippen LogP contribution >= 0.6 is 0 Å². The van der Waals surface area contributed by atoms with Crippen molar-refractivity contribution >= 4 is 23.7 Å². The Morgan fingerprint density at radius 3 is 2.32 bits per heavy atom. The van der Waals surface area contributed by atoms with Crippen LogP contribution < -0.4 is 21.0 Å². The molecule has 0 aliphatic carbocycles. The van der Waals surface area contributed by atoms with E-state index in [1.165, 1.54) is 20.3 Å². The van der Waals surface area contributed by atoms with Gasteiger partial charge in [-0.3, -0.25) is 19.3 Å². The molecule has 3 rings (SSSR count). The van der Waals surface area contributed by atoms with Crippen LogP contribution in [0.25, 0.3) is 5.69 Å². The molecule has 0 spiro atoms. The van der Waals surface area contributed by atoms with E-state index < -0.39 is 53.5 Å². The maximum absolute atomic E-state index is 13.8. The number of aromatic nitrogens is 2. The van der Waals surface area contributed by atoms with Crippen LogP contribution in [-0.2, 0) is 14.3 Å². The summed E-state index contributed by atoms with van der Waals surface area (Å²) in [5.41, 5.74) is 6.20. The van der Waals surface area contributed by atoms with Gasteiger partial charge in [-0.05, 0) is 43.4 Å². The number of Topliss-reactive ketones (excluding diaryl/α,β-unsaturated/α-hetero) is 1. The van der Waals surface area contributed by atoms with E-state index in [1.54, 1.807) is 44.7 Å². The summed E-state index contributed by atoms with van der Waals surface area (Å²) < 4.78 is 21.4. The summed E-state index contributed by atoms with van der Waals surface area (Å²) in [6.45, 7) is 7.21. The van der Waals surface area contributed by atoms with E-state index in [1.807, 2.05) is 0 Å². The van der Waals surface area contributed by atoms with Gasteiger partial charge in [-0.1, -0.05) is 27.7 Å². The summed E-state index contributed by atoms with van der Waals surface area (Å²) in [7, 11) is 3.94. The lowest BCUT2D eigenvalue weighted by Crippen LogP contribution is -2.58. The Morgan fingerprint density at radius 1 is 1.07 bits per heavy atom. The maximum Gasteiger partial charge on any atom is 0.442 e. The molecular weight excluding hydrogens is 538 g/mol. The average molecular weight is 576 g/mol. The van der Waals surface area contributed by atoms with Gasteiger partial charge in [0, 0.05) is 6.07 Å². The number of hydrogen-bond acceptors (Lipinski definition) is 12. The van der Waals surface area contributed by atoms with Crippen LogP contribution in [0, 0.1) is 11.8 Å². The van der Waals surface area contributed by atoms with Gasteiger partial charge in [0.2, 0.25) is 5.78 Å². The second-order valence-electron chi connectivity index (χ2n) is 10.3. The molecule has 3 atom stereocenters. The van der Waals surface area contributed by atoms with Crippen molar-refractivity contribution in [2.75, 3.05) is 27.9 Å². The number of ketones is 1. The third-order valence-electron chi connectivity index (χ3n) is 7.01. The van der Waals surface area contributed by atoms with E-state index in [9.17, 15) is 24.0 Å². The SMILES string of the molecule is COC(=O)N(C(=O)[C@@H](N)C(C)C)C(=O)[C@@H]1CCCN1[C@H](C(=O)c1nn(-c2ccc(OC)cc2OC)c(=O)o1)C(C)C. The molecule has 3 amide bonds. The Balaban J connectivity index is 1.97. The third kappa shape index (κ3) is 6.33. The van der Waals surface area contributed by atoms with E-state index in [4.69, 9.17) is 24.4 Å². The number of methoxy groups -OCH3 is 3. The lowest BCUT2D eigenvalue weighted by atomic mass is 9.96. The summed E-state index contributed by atoms with van der Waals surface area (Å²) in [4.78, 5) is 67.8. The van der Waals surface area contributed by atoms with Crippen molar-refractivity contribution in [2.45, 2.75) is 58.7 Å². The highest BCUT2D eigenvalue weighted by Gasteiger charge is 2.46. The van der Waals surface area contributed by atoms with Crippen molar-refractivity contribution in [3.63, 3.8) is 0 Å². The molecule has 0 saturated carbocycles. The largest absolute Gasteiger partial charge is 0.497 e. The van der Waals surface area contributed by atoms with Crippen LogP contribution in [0.5, 0.6) is 11.5 Å². The second-order valence-corrected chi connectivity index (χ2v) is 10.3. The first-order valence-corrected chi connectivity index (χ1v) is 13.2. The van der Waals surface area contributed by atoms with Crippen LogP contribution in [0.3, 0.4) is 0 Å². The number of amides is 3. The monoisotopic (exact) mass is 575 g/mol. The smallest absolute Gasteiger partial charge is 0.442 e. The predicted molar refractivity (Wildman–Crippen MR) is 145 cm³/mol. The highest BCUT2D eigenvalue weighted by Crippen LogP contribution is 2.29. The van der Waals surface area contributed by atoms with Crippen molar-refractivity contribution in [2.24, 2.45) is 17.6 Å². The van der Waals surface area contributed by atoms with Gasteiger partial charge in [-0.2, -0.15) is 9.58 Å². The average Bonchev–Trinajstić information content (AvgIpc) is 3.58. The molecule has 224 valence electrons. The van der Waals surface area contributed by atoms with E-state index in [-0.39, 0.29) is 29.7 Å². The van der Waals surface area contributed by atoms with Gasteiger partial charge in [-0.15, -0.1) is 5.10 Å². The Bertz CT molecular complexity index is 1350. The lowest BCUT2D eigenvalue weighted by molar-refractivity contribution is -0.146. The minimum Gasteiger partial charge on any atom is -0.497 e. The Hall–Kier alpha value is -4.04. The normalized spacial score (nSPS) is 16.9. The summed E-state index contributed by atoms with van der Waals surface area (Å²) in [6, 6.07) is 1.58. The number of imide groups is 3. The van der Waals surface area contributed by atoms with Crippen molar-refractivity contribution in [3.8, 4) is 17.2 Å². The Kier molecular flexibility index (Phi) is 10.0. The number of ether oxygens (including phenoxy) is 3. The van der Waals surface area contributed by atoms with Gasteiger partial charge >= 0.3 is 11.8 Å². The number of rotatable bonds is 10. The zero-order valence-electron chi connectivity index (χ0n) is 24.3. The van der Waals surface area contributed by atoms with Crippen molar-refractivity contribution in [3.05, 3.63) is 34.6 Å². The molecule has 1 aromatic heterocycles. The van der Waals surface area contributed by atoms with Gasteiger partial charge in [0.05, 0.1) is 39.5 Å². The first-order valence-electron chi connectivity index (χ1n) is 13.2. The molecule has 1 aromatic carbocycles. The molecule has 2 aromatic rings. The molecule has 1 fully saturated rings. The number of likely N-dealkylation sites (tertiary alicyclic amines) is 1. The summed E-state index contributed by atoms with van der Waals surface area (Å²) in [5.74, 6) is -3.74. The third-order valence-corrected chi connectivity index (χ3v) is 7.01. The van der Waals surface area contributed by atoms with E-state index in [2.05, 4.69) is 5.10 Å². The molecule has 1 aliphatic rings. The highest BCUT2D eigenvalue weighted by atomic mass is 16.5. The number of carbonyl (C=O) groups is 4. The first kappa shape index (κ1) is 31.5. The molecule has 0 bridgehead atoms. The quantitative estimate of drug-likeness (QED) is 0.406. The van der Waals surface area contributed by atoms with E-state index in [0.29, 0.717) is 23.6 Å². The minimum atomic E-state index is -1.16. The van der Waals surface area contributed by atoms with Gasteiger partial charge in [0.1, 0.15) is 17.2 Å². The predicted octanol–water partition coefficient (Wildman–Crippen LogP) is 1.62. The van der Waals surface area contributed by atoms with Gasteiger partial charge < -0.3 is 24.4 Å². The maximum atomic E-state index is 13.8. The molecule has 0 radical (unpaired) electrons. The van der Waals surface area contributed by atoms with Crippen molar-refractivity contribution in [1.82, 2.24) is 19.6 Å². The fraction of sp³-hybridized carbons (Fsp3) is 0.556. The van der Waals surface area contributed by atoms with Crippen molar-refractivity contribution < 1.29 is 37.8 Å². The van der Waals surface area contributed by atoms with Crippen LogP contribution in [0.1, 0.15) is 51.2 Å². The highest BCUT2D eigenvalue weighted by molar-refractivity contribution is 6.12. The zero-order chi connectivity index (χ0) is 30.6. The topological polar surface area (TPSA) is 176 Å². The molecule has 2 N–H and O–H groups in total. The fourth-order valence-electron chi connectivity index (χ4n) is 4.80. The van der Waals surface area contributed by atoms with Gasteiger partial charge in [-0.25, -0.2) is 9.59 Å². The van der Waals surface area contributed by atoms with Gasteiger partial charge in [0.15, 0.2) is 0 Å². The number of nitrogens with two attached hydrogens (primary N) is 1. The van der Waals surface area contributed by atoms with Crippen LogP contribution in [0.4, 0.5) is 4.79 Å². The fourth-order valence-corrected chi connectivity index (χ4v) is 4.80. The number of nitrogens with zero attached hydrogens (tertiary/aromatic N) is 4. The lowest BCUT2D eigenvalue weighted by Gasteiger charge is -2.35. The van der Waals surface area contributed by atoms with Crippen LogP contribution in [0.15, 0.2) is 27.4 Å². The number of carbonyl (C=O) groups excluding carboxylic acids is 4. The molecular formula is C27H37N5O9. The van der Waals surface area contributed by atoms with E-state index in [0.717, 1.165) is 11.8 Å². The van der Waals surface area contributed by atoms with Crippen molar-refractivity contribution in [1.29, 1.82) is 0 Å². The molecule has 14 heteroatoms. The van der Waals surface area contributed by atoms with Crippen LogP contribution in [-0.4, -0.2) is 89.3 Å². The van der Waals surface area contributed by atoms with Gasteiger partial charge in [0.25, 0.3) is 17.7 Å². The minimum absolute atomic E-state index is 0.227. The number of hydrogen-bond donors (Lipinski definition) is 1. The molecule has 1 aliphatic heterocycles. The molecule has 1 saturated heterocycles. The molecule has 14 nitrogen and oxygen atoms in total. The Labute approximate surface area is 237 Å². The molecule has 41 heavy (non-hydrogen) atoms. The Morgan fingerprint density at radius 2 is 1.76 bits per heavy atom. The summed E-state index contributed by atoms with van der Waals surface area (Å²) in [6.07, 6.45) is -0.379. The summed E-state index contributed by atoms with van der Waals surface area (Å²) >= 11 is 0. The summed E-state index contributed by atoms with van der Waals surface area (Å²) in [5, 5.41) is 4.14. The number of benzene rings is 1. The van der Waals surface area contributed by atoms with Crippen LogP contribution in [0.2, 0.25) is 0 Å². The van der Waals surface area contributed by atoms with E-state index >= 15 is 0 Å². The zero-order valence-corrected chi connectivity index (χ0v) is 24.3. The first-order chi connectivity index (χ1) is 19.4. The molecule has 0 unspecified atom stereocenters. The molecule has 2 heterocycles.